The Hall–Kier alpha value is -0.940. The highest BCUT2D eigenvalue weighted by Crippen LogP contribution is 2.13. The third-order valence-corrected chi connectivity index (χ3v) is 2.39. The second-order valence-electron chi connectivity index (χ2n) is 5.00. The lowest BCUT2D eigenvalue weighted by molar-refractivity contribution is 0.101. The Morgan fingerprint density at radius 1 is 1.50 bits per heavy atom. The molecule has 0 aliphatic carbocycles. The normalized spacial score (nSPS) is 14.0. The molecule has 0 amide bonds. The van der Waals surface area contributed by atoms with Crippen molar-refractivity contribution in [1.82, 2.24) is 20.1 Å². The third-order valence-electron chi connectivity index (χ3n) is 2.39. The lowest BCUT2D eigenvalue weighted by Gasteiger charge is -2.26. The van der Waals surface area contributed by atoms with E-state index in [-0.39, 0.29) is 5.41 Å². The lowest BCUT2D eigenvalue weighted by atomic mass is 9.94. The molecule has 0 aromatic carbocycles. The summed E-state index contributed by atoms with van der Waals surface area (Å²) in [6, 6.07) is 0.373. The van der Waals surface area contributed by atoms with E-state index in [2.05, 4.69) is 36.2 Å². The largest absolute Gasteiger partial charge is 0.384 e. The van der Waals surface area contributed by atoms with Crippen LogP contribution in [0.3, 0.4) is 0 Å². The minimum Gasteiger partial charge on any atom is -0.384 e. The molecule has 0 aliphatic rings. The standard InChI is InChI=1S/C11H22N4O/c1-10(5-15-9-12-8-14-15)13-6-11(2,3)7-16-4/h8-10,13H,5-7H2,1-4H3/t10-/m1/s1. The average molecular weight is 226 g/mol. The summed E-state index contributed by atoms with van der Waals surface area (Å²) in [6.45, 7) is 9.04. The van der Waals surface area contributed by atoms with Crippen LogP contribution in [0.1, 0.15) is 20.8 Å². The van der Waals surface area contributed by atoms with Crippen LogP contribution in [0, 0.1) is 5.41 Å². The quantitative estimate of drug-likeness (QED) is 0.751. The van der Waals surface area contributed by atoms with Gasteiger partial charge >= 0.3 is 0 Å². The van der Waals surface area contributed by atoms with E-state index >= 15 is 0 Å². The van der Waals surface area contributed by atoms with Crippen molar-refractivity contribution in [3.05, 3.63) is 12.7 Å². The molecule has 0 aliphatic heterocycles. The molecule has 1 heterocycles. The second kappa shape index (κ2) is 5.96. The van der Waals surface area contributed by atoms with Crippen LogP contribution in [-0.4, -0.2) is 41.1 Å². The van der Waals surface area contributed by atoms with E-state index in [1.165, 1.54) is 0 Å². The molecule has 0 saturated heterocycles. The first-order valence-corrected chi connectivity index (χ1v) is 5.58. The summed E-state index contributed by atoms with van der Waals surface area (Å²) in [5.41, 5.74) is 0.158. The summed E-state index contributed by atoms with van der Waals surface area (Å²) in [7, 11) is 1.74. The SMILES string of the molecule is COCC(C)(C)CN[C@H](C)Cn1cncn1. The first-order valence-electron chi connectivity index (χ1n) is 5.58. The van der Waals surface area contributed by atoms with Gasteiger partial charge < -0.3 is 10.1 Å². The van der Waals surface area contributed by atoms with Crippen LogP contribution in [0.15, 0.2) is 12.7 Å². The van der Waals surface area contributed by atoms with Gasteiger partial charge in [0.15, 0.2) is 0 Å². The van der Waals surface area contributed by atoms with Gasteiger partial charge in [-0.1, -0.05) is 13.8 Å². The fourth-order valence-electron chi connectivity index (χ4n) is 1.56. The van der Waals surface area contributed by atoms with E-state index in [9.17, 15) is 0 Å². The van der Waals surface area contributed by atoms with Gasteiger partial charge in [0, 0.05) is 25.1 Å². The van der Waals surface area contributed by atoms with Gasteiger partial charge in [-0.15, -0.1) is 0 Å². The van der Waals surface area contributed by atoms with Crippen LogP contribution in [0.2, 0.25) is 0 Å². The van der Waals surface area contributed by atoms with Crippen molar-refractivity contribution < 1.29 is 4.74 Å². The Morgan fingerprint density at radius 3 is 2.81 bits per heavy atom. The van der Waals surface area contributed by atoms with Crippen molar-refractivity contribution in [2.75, 3.05) is 20.3 Å². The van der Waals surface area contributed by atoms with Crippen LogP contribution < -0.4 is 5.32 Å². The predicted octanol–water partition coefficient (Wildman–Crippen LogP) is 0.929. The van der Waals surface area contributed by atoms with Gasteiger partial charge in [0.2, 0.25) is 0 Å². The number of ether oxygens (including phenoxy) is 1. The predicted molar refractivity (Wildman–Crippen MR) is 63.1 cm³/mol. The molecule has 0 unspecified atom stereocenters. The lowest BCUT2D eigenvalue weighted by Crippen LogP contribution is -2.39. The molecule has 1 atom stereocenters. The smallest absolute Gasteiger partial charge is 0.137 e. The molecule has 0 bridgehead atoms. The van der Waals surface area contributed by atoms with Gasteiger partial charge in [0.05, 0.1) is 13.2 Å². The van der Waals surface area contributed by atoms with Gasteiger partial charge in [-0.3, -0.25) is 4.68 Å². The first-order chi connectivity index (χ1) is 7.53. The number of rotatable bonds is 7. The first kappa shape index (κ1) is 13.1. The topological polar surface area (TPSA) is 52.0 Å². The molecule has 16 heavy (non-hydrogen) atoms. The van der Waals surface area contributed by atoms with Crippen molar-refractivity contribution in [3.8, 4) is 0 Å². The highest BCUT2D eigenvalue weighted by atomic mass is 16.5. The third kappa shape index (κ3) is 4.72. The number of nitrogens with zero attached hydrogens (tertiary/aromatic N) is 3. The fraction of sp³-hybridized carbons (Fsp3) is 0.818. The molecule has 1 rings (SSSR count). The van der Waals surface area contributed by atoms with Gasteiger partial charge in [-0.2, -0.15) is 5.10 Å². The zero-order valence-corrected chi connectivity index (χ0v) is 10.6. The molecule has 0 fully saturated rings. The fourth-order valence-corrected chi connectivity index (χ4v) is 1.56. The maximum atomic E-state index is 5.18. The molecule has 5 nitrogen and oxygen atoms in total. The van der Waals surface area contributed by atoms with Crippen molar-refractivity contribution >= 4 is 0 Å². The van der Waals surface area contributed by atoms with Gasteiger partial charge in [0.1, 0.15) is 12.7 Å². The highest BCUT2D eigenvalue weighted by molar-refractivity contribution is 4.73. The van der Waals surface area contributed by atoms with E-state index < -0.39 is 0 Å². The molecule has 1 aromatic heterocycles. The maximum absolute atomic E-state index is 5.18. The Kier molecular flexibility index (Phi) is 4.89. The van der Waals surface area contributed by atoms with Crippen LogP contribution in [0.25, 0.3) is 0 Å². The van der Waals surface area contributed by atoms with Crippen molar-refractivity contribution in [1.29, 1.82) is 0 Å². The van der Waals surface area contributed by atoms with Crippen LogP contribution >= 0.6 is 0 Å². The highest BCUT2D eigenvalue weighted by Gasteiger charge is 2.18. The number of hydrogen-bond donors (Lipinski definition) is 1. The van der Waals surface area contributed by atoms with E-state index in [4.69, 9.17) is 4.74 Å². The van der Waals surface area contributed by atoms with Crippen molar-refractivity contribution in [3.63, 3.8) is 0 Å². The molecule has 5 heteroatoms. The number of nitrogens with one attached hydrogen (secondary N) is 1. The van der Waals surface area contributed by atoms with Crippen LogP contribution in [0.4, 0.5) is 0 Å². The second-order valence-corrected chi connectivity index (χ2v) is 5.00. The van der Waals surface area contributed by atoms with Gasteiger partial charge in [-0.05, 0) is 6.92 Å². The Morgan fingerprint density at radius 2 is 2.25 bits per heavy atom. The van der Waals surface area contributed by atoms with E-state index in [1.54, 1.807) is 19.8 Å². The summed E-state index contributed by atoms with van der Waals surface area (Å²) in [5, 5.41) is 7.56. The zero-order chi connectivity index (χ0) is 12.0. The monoisotopic (exact) mass is 226 g/mol. The van der Waals surface area contributed by atoms with Crippen molar-refractivity contribution in [2.45, 2.75) is 33.4 Å². The van der Waals surface area contributed by atoms with Crippen LogP contribution in [0.5, 0.6) is 0 Å². The molecule has 1 aromatic rings. The molecule has 0 saturated carbocycles. The minimum atomic E-state index is 0.158. The van der Waals surface area contributed by atoms with Crippen LogP contribution in [-0.2, 0) is 11.3 Å². The summed E-state index contributed by atoms with van der Waals surface area (Å²) < 4.78 is 7.01. The molecular weight excluding hydrogens is 204 g/mol. The Balaban J connectivity index is 2.27. The number of methoxy groups -OCH3 is 1. The van der Waals surface area contributed by atoms with Gasteiger partial charge in [0.25, 0.3) is 0 Å². The summed E-state index contributed by atoms with van der Waals surface area (Å²) >= 11 is 0. The van der Waals surface area contributed by atoms with E-state index in [0.717, 1.165) is 19.7 Å². The number of aromatic nitrogens is 3. The molecule has 1 N–H and O–H groups in total. The molecular formula is C11H22N4O. The zero-order valence-electron chi connectivity index (χ0n) is 10.6. The minimum absolute atomic E-state index is 0.158. The summed E-state index contributed by atoms with van der Waals surface area (Å²) in [5.74, 6) is 0. The van der Waals surface area contributed by atoms with Gasteiger partial charge in [-0.25, -0.2) is 4.98 Å². The Bertz CT molecular complexity index is 284. The molecule has 0 spiro atoms. The van der Waals surface area contributed by atoms with E-state index in [0.29, 0.717) is 6.04 Å². The Labute approximate surface area is 97.2 Å². The number of hydrogen-bond acceptors (Lipinski definition) is 4. The average Bonchev–Trinajstić information content (AvgIpc) is 2.68. The van der Waals surface area contributed by atoms with Crippen molar-refractivity contribution in [2.24, 2.45) is 5.41 Å². The molecule has 92 valence electrons. The summed E-state index contributed by atoms with van der Waals surface area (Å²) in [4.78, 5) is 3.92. The van der Waals surface area contributed by atoms with E-state index in [1.807, 2.05) is 4.68 Å². The molecule has 0 radical (unpaired) electrons. The summed E-state index contributed by atoms with van der Waals surface area (Å²) in [6.07, 6.45) is 3.29. The maximum Gasteiger partial charge on any atom is 0.137 e.